The van der Waals surface area contributed by atoms with Crippen LogP contribution in [0.5, 0.6) is 0 Å². The Hall–Kier alpha value is -1.36. The number of nitrogens with zero attached hydrogens (tertiary/aromatic N) is 3. The summed E-state index contributed by atoms with van der Waals surface area (Å²) >= 11 is 0. The van der Waals surface area contributed by atoms with Crippen molar-refractivity contribution < 1.29 is 4.79 Å². The molecule has 0 spiro atoms. The molecule has 2 heterocycles. The number of nitrogens with one attached hydrogen (secondary N) is 1. The van der Waals surface area contributed by atoms with Crippen LogP contribution in [-0.2, 0) is 12.0 Å². The van der Waals surface area contributed by atoms with Crippen molar-refractivity contribution in [1.82, 2.24) is 20.0 Å². The monoisotopic (exact) mass is 292 g/mol. The summed E-state index contributed by atoms with van der Waals surface area (Å²) < 4.78 is 1.99. The maximum absolute atomic E-state index is 12.8. The minimum absolute atomic E-state index is 0.0942. The molecule has 21 heavy (non-hydrogen) atoms. The largest absolute Gasteiger partial charge is 0.338 e. The maximum atomic E-state index is 12.8. The van der Waals surface area contributed by atoms with Crippen LogP contribution >= 0.6 is 0 Å². The van der Waals surface area contributed by atoms with Crippen LogP contribution in [0, 0.1) is 0 Å². The fourth-order valence-corrected chi connectivity index (χ4v) is 3.01. The molecule has 0 unspecified atom stereocenters. The number of amides is 1. The molecule has 1 aromatic heterocycles. The predicted octanol–water partition coefficient (Wildman–Crippen LogP) is 2.02. The third-order valence-corrected chi connectivity index (χ3v) is 4.26. The highest BCUT2D eigenvalue weighted by Gasteiger charge is 2.28. The van der Waals surface area contributed by atoms with Gasteiger partial charge in [0.2, 0.25) is 0 Å². The molecule has 0 radical (unpaired) electrons. The molecule has 1 N–H and O–H groups in total. The molecule has 5 heteroatoms. The summed E-state index contributed by atoms with van der Waals surface area (Å²) in [5.74, 6) is 0.136. The van der Waals surface area contributed by atoms with Crippen LogP contribution in [0.25, 0.3) is 0 Å². The molecule has 0 saturated carbocycles. The second kappa shape index (κ2) is 6.18. The first kappa shape index (κ1) is 16.0. The number of hydrogen-bond acceptors (Lipinski definition) is 3. The van der Waals surface area contributed by atoms with Gasteiger partial charge in [0.05, 0.1) is 23.0 Å². The van der Waals surface area contributed by atoms with E-state index in [2.05, 4.69) is 38.1 Å². The van der Waals surface area contributed by atoms with Gasteiger partial charge in [0.1, 0.15) is 0 Å². The lowest BCUT2D eigenvalue weighted by Gasteiger charge is -2.32. The van der Waals surface area contributed by atoms with Gasteiger partial charge in [-0.25, -0.2) is 0 Å². The number of likely N-dealkylation sites (tertiary alicyclic amines) is 1. The highest BCUT2D eigenvalue weighted by atomic mass is 16.2. The summed E-state index contributed by atoms with van der Waals surface area (Å²) in [6, 6.07) is 0.539. The van der Waals surface area contributed by atoms with E-state index in [0.717, 1.165) is 43.6 Å². The highest BCUT2D eigenvalue weighted by Crippen LogP contribution is 2.22. The number of aromatic nitrogens is 2. The van der Waals surface area contributed by atoms with Gasteiger partial charge in [-0.15, -0.1) is 0 Å². The molecular formula is C16H28N4O. The summed E-state index contributed by atoms with van der Waals surface area (Å²) in [5, 5.41) is 7.76. The Morgan fingerprint density at radius 3 is 2.48 bits per heavy atom. The first-order chi connectivity index (χ1) is 9.88. The number of rotatable bonds is 3. The van der Waals surface area contributed by atoms with Crippen molar-refractivity contribution in [1.29, 1.82) is 0 Å². The molecule has 0 aromatic carbocycles. The number of piperidine rings is 1. The SMILES string of the molecule is CCc1c(C(=O)N2CCC(NC)CC2)cnn1C(C)(C)C. The van der Waals surface area contributed by atoms with E-state index in [1.807, 2.05) is 16.6 Å². The molecule has 1 aliphatic rings. The van der Waals surface area contributed by atoms with Crippen molar-refractivity contribution in [2.75, 3.05) is 20.1 Å². The Morgan fingerprint density at radius 1 is 1.38 bits per heavy atom. The van der Waals surface area contributed by atoms with Gasteiger partial charge in [0.15, 0.2) is 0 Å². The third-order valence-electron chi connectivity index (χ3n) is 4.26. The Labute approximate surface area is 127 Å². The number of carbonyl (C=O) groups excluding carboxylic acids is 1. The van der Waals surface area contributed by atoms with Gasteiger partial charge in [0.25, 0.3) is 5.91 Å². The first-order valence-electron chi connectivity index (χ1n) is 7.92. The summed E-state index contributed by atoms with van der Waals surface area (Å²) in [6.07, 6.45) is 4.62. The van der Waals surface area contributed by atoms with Gasteiger partial charge < -0.3 is 10.2 Å². The van der Waals surface area contributed by atoms with E-state index in [1.54, 1.807) is 6.20 Å². The lowest BCUT2D eigenvalue weighted by Crippen LogP contribution is -2.44. The smallest absolute Gasteiger partial charge is 0.257 e. The fourth-order valence-electron chi connectivity index (χ4n) is 3.01. The summed E-state index contributed by atoms with van der Waals surface area (Å²) in [6.45, 7) is 10.1. The Kier molecular flexibility index (Phi) is 4.71. The van der Waals surface area contributed by atoms with E-state index < -0.39 is 0 Å². The average Bonchev–Trinajstić information content (AvgIpc) is 2.90. The van der Waals surface area contributed by atoms with Crippen molar-refractivity contribution >= 4 is 5.91 Å². The maximum Gasteiger partial charge on any atom is 0.257 e. The number of carbonyl (C=O) groups is 1. The van der Waals surface area contributed by atoms with E-state index in [1.165, 1.54) is 0 Å². The molecule has 118 valence electrons. The van der Waals surface area contributed by atoms with E-state index in [0.29, 0.717) is 6.04 Å². The molecule has 1 aliphatic heterocycles. The lowest BCUT2D eigenvalue weighted by atomic mass is 10.0. The van der Waals surface area contributed by atoms with E-state index in [-0.39, 0.29) is 11.4 Å². The molecular weight excluding hydrogens is 264 g/mol. The normalized spacial score (nSPS) is 17.3. The van der Waals surface area contributed by atoms with Crippen LogP contribution in [0.1, 0.15) is 56.6 Å². The van der Waals surface area contributed by atoms with Crippen LogP contribution in [-0.4, -0.2) is 46.8 Å². The van der Waals surface area contributed by atoms with E-state index in [4.69, 9.17) is 0 Å². The molecule has 1 aromatic rings. The van der Waals surface area contributed by atoms with Gasteiger partial charge >= 0.3 is 0 Å². The molecule has 2 rings (SSSR count). The zero-order valence-corrected chi connectivity index (χ0v) is 13.9. The lowest BCUT2D eigenvalue weighted by molar-refractivity contribution is 0.0706. The van der Waals surface area contributed by atoms with Crippen LogP contribution in [0.15, 0.2) is 6.20 Å². The zero-order chi connectivity index (χ0) is 15.6. The quantitative estimate of drug-likeness (QED) is 0.927. The topological polar surface area (TPSA) is 50.2 Å². The van der Waals surface area contributed by atoms with Gasteiger partial charge in [-0.2, -0.15) is 5.10 Å². The van der Waals surface area contributed by atoms with Crippen LogP contribution in [0.4, 0.5) is 0 Å². The van der Waals surface area contributed by atoms with Gasteiger partial charge in [-0.3, -0.25) is 9.48 Å². The van der Waals surface area contributed by atoms with E-state index >= 15 is 0 Å². The van der Waals surface area contributed by atoms with Gasteiger partial charge in [0, 0.05) is 19.1 Å². The van der Waals surface area contributed by atoms with Crippen LogP contribution in [0.2, 0.25) is 0 Å². The third kappa shape index (κ3) is 3.28. The van der Waals surface area contributed by atoms with Crippen molar-refractivity contribution in [3.8, 4) is 0 Å². The molecule has 1 fully saturated rings. The Balaban J connectivity index is 2.19. The summed E-state index contributed by atoms with van der Waals surface area (Å²) in [4.78, 5) is 14.7. The molecule has 5 nitrogen and oxygen atoms in total. The molecule has 0 bridgehead atoms. The molecule has 1 saturated heterocycles. The van der Waals surface area contributed by atoms with Gasteiger partial charge in [-0.05, 0) is 47.1 Å². The van der Waals surface area contributed by atoms with E-state index in [9.17, 15) is 4.79 Å². The summed E-state index contributed by atoms with van der Waals surface area (Å²) in [7, 11) is 1.99. The molecule has 1 amide bonds. The number of hydrogen-bond donors (Lipinski definition) is 1. The molecule has 0 atom stereocenters. The minimum atomic E-state index is -0.0942. The average molecular weight is 292 g/mol. The zero-order valence-electron chi connectivity index (χ0n) is 13.9. The standard InChI is InChI=1S/C16H28N4O/c1-6-14-13(11-18-20(14)16(2,3)4)15(21)19-9-7-12(17-5)8-10-19/h11-12,17H,6-10H2,1-5H3. The Morgan fingerprint density at radius 2 is 2.00 bits per heavy atom. The van der Waals surface area contributed by atoms with Crippen LogP contribution in [0.3, 0.4) is 0 Å². The predicted molar refractivity (Wildman–Crippen MR) is 84.6 cm³/mol. The minimum Gasteiger partial charge on any atom is -0.338 e. The van der Waals surface area contributed by atoms with Crippen molar-refractivity contribution in [3.05, 3.63) is 17.5 Å². The second-order valence-corrected chi connectivity index (χ2v) is 6.80. The van der Waals surface area contributed by atoms with Crippen LogP contribution < -0.4 is 5.32 Å². The molecule has 0 aliphatic carbocycles. The first-order valence-corrected chi connectivity index (χ1v) is 7.92. The second-order valence-electron chi connectivity index (χ2n) is 6.80. The summed E-state index contributed by atoms with van der Waals surface area (Å²) in [5.41, 5.74) is 1.72. The van der Waals surface area contributed by atoms with Crippen molar-refractivity contribution in [2.45, 2.75) is 58.5 Å². The van der Waals surface area contributed by atoms with Crippen molar-refractivity contribution in [2.24, 2.45) is 0 Å². The fraction of sp³-hybridized carbons (Fsp3) is 0.750. The highest BCUT2D eigenvalue weighted by molar-refractivity contribution is 5.95. The van der Waals surface area contributed by atoms with Gasteiger partial charge in [-0.1, -0.05) is 6.92 Å². The Bertz CT molecular complexity index is 493. The van der Waals surface area contributed by atoms with Crippen molar-refractivity contribution in [3.63, 3.8) is 0 Å².